The highest BCUT2D eigenvalue weighted by atomic mass is 16.3. The Hall–Kier alpha value is -2.60. The van der Waals surface area contributed by atoms with Crippen molar-refractivity contribution in [2.24, 2.45) is 5.92 Å². The van der Waals surface area contributed by atoms with Crippen LogP contribution in [0, 0.1) is 12.8 Å². The summed E-state index contributed by atoms with van der Waals surface area (Å²) in [5, 5.41) is 0. The van der Waals surface area contributed by atoms with Crippen molar-refractivity contribution >= 4 is 11.8 Å². The standard InChI is InChI=1S/C22H27N3O3/c1-16-8-9-18(28-16)13-24-11-10-20-19(14-24)22(27)25(15-21(26)23(20)2)12-17-6-4-3-5-7-17/h3-9,19-20H,10-15H2,1-2H3/t19-,20+/m0/s1. The van der Waals surface area contributed by atoms with Gasteiger partial charge in [0.15, 0.2) is 0 Å². The van der Waals surface area contributed by atoms with E-state index in [0.717, 1.165) is 30.0 Å². The van der Waals surface area contributed by atoms with Gasteiger partial charge in [-0.25, -0.2) is 0 Å². The summed E-state index contributed by atoms with van der Waals surface area (Å²) in [6, 6.07) is 13.8. The molecule has 2 aliphatic rings. The van der Waals surface area contributed by atoms with E-state index in [-0.39, 0.29) is 30.3 Å². The van der Waals surface area contributed by atoms with Crippen LogP contribution in [0.2, 0.25) is 0 Å². The largest absolute Gasteiger partial charge is 0.465 e. The predicted molar refractivity (Wildman–Crippen MR) is 105 cm³/mol. The van der Waals surface area contributed by atoms with Gasteiger partial charge in [-0.2, -0.15) is 0 Å². The number of carbonyl (C=O) groups excluding carboxylic acids is 2. The van der Waals surface area contributed by atoms with E-state index in [4.69, 9.17) is 4.42 Å². The van der Waals surface area contributed by atoms with Crippen LogP contribution in [-0.4, -0.2) is 59.2 Å². The van der Waals surface area contributed by atoms with Crippen LogP contribution in [0.5, 0.6) is 0 Å². The van der Waals surface area contributed by atoms with Crippen LogP contribution in [0.15, 0.2) is 46.9 Å². The van der Waals surface area contributed by atoms with Crippen LogP contribution in [0.3, 0.4) is 0 Å². The molecular weight excluding hydrogens is 354 g/mol. The highest BCUT2D eigenvalue weighted by Crippen LogP contribution is 2.28. The summed E-state index contributed by atoms with van der Waals surface area (Å²) in [4.78, 5) is 31.8. The van der Waals surface area contributed by atoms with E-state index in [0.29, 0.717) is 19.6 Å². The third kappa shape index (κ3) is 3.83. The Morgan fingerprint density at radius 1 is 1.07 bits per heavy atom. The molecule has 0 saturated carbocycles. The molecule has 2 aromatic rings. The van der Waals surface area contributed by atoms with Gasteiger partial charge in [0.25, 0.3) is 0 Å². The van der Waals surface area contributed by atoms with Crippen molar-refractivity contribution in [3.8, 4) is 0 Å². The number of fused-ring (bicyclic) bond motifs is 1. The SMILES string of the molecule is Cc1ccc(CN2CC[C@@H]3[C@H](C2)C(=O)N(Cc2ccccc2)CC(=O)N3C)o1. The van der Waals surface area contributed by atoms with Crippen molar-refractivity contribution in [3.05, 3.63) is 59.5 Å². The number of nitrogens with zero attached hydrogens (tertiary/aromatic N) is 3. The van der Waals surface area contributed by atoms with Crippen molar-refractivity contribution in [3.63, 3.8) is 0 Å². The number of hydrogen-bond acceptors (Lipinski definition) is 4. The third-order valence-electron chi connectivity index (χ3n) is 5.90. The van der Waals surface area contributed by atoms with Crippen molar-refractivity contribution in [2.75, 3.05) is 26.7 Å². The number of amides is 2. The molecule has 6 heteroatoms. The van der Waals surface area contributed by atoms with E-state index in [2.05, 4.69) is 4.90 Å². The minimum absolute atomic E-state index is 0.0203. The molecule has 1 aromatic carbocycles. The number of likely N-dealkylation sites (tertiary alicyclic amines) is 1. The first-order valence-corrected chi connectivity index (χ1v) is 9.87. The molecule has 0 bridgehead atoms. The van der Waals surface area contributed by atoms with E-state index in [1.165, 1.54) is 0 Å². The first kappa shape index (κ1) is 18.7. The zero-order valence-electron chi connectivity index (χ0n) is 16.5. The zero-order valence-corrected chi connectivity index (χ0v) is 16.5. The van der Waals surface area contributed by atoms with E-state index < -0.39 is 0 Å². The van der Waals surface area contributed by atoms with Gasteiger partial charge in [0, 0.05) is 32.7 Å². The van der Waals surface area contributed by atoms with E-state index >= 15 is 0 Å². The quantitative estimate of drug-likeness (QED) is 0.815. The fourth-order valence-corrected chi connectivity index (χ4v) is 4.36. The van der Waals surface area contributed by atoms with Gasteiger partial charge < -0.3 is 14.2 Å². The van der Waals surface area contributed by atoms with Crippen LogP contribution in [-0.2, 0) is 22.7 Å². The highest BCUT2D eigenvalue weighted by Gasteiger charge is 2.43. The van der Waals surface area contributed by atoms with E-state index in [1.54, 1.807) is 9.80 Å². The lowest BCUT2D eigenvalue weighted by Gasteiger charge is -2.40. The van der Waals surface area contributed by atoms with Crippen molar-refractivity contribution < 1.29 is 14.0 Å². The van der Waals surface area contributed by atoms with Gasteiger partial charge in [0.05, 0.1) is 12.5 Å². The third-order valence-corrected chi connectivity index (χ3v) is 5.90. The van der Waals surface area contributed by atoms with Crippen molar-refractivity contribution in [1.29, 1.82) is 0 Å². The Bertz CT molecular complexity index is 848. The first-order valence-electron chi connectivity index (χ1n) is 9.87. The lowest BCUT2D eigenvalue weighted by Crippen LogP contribution is -2.53. The molecule has 4 rings (SSSR count). The van der Waals surface area contributed by atoms with Crippen LogP contribution < -0.4 is 0 Å². The summed E-state index contributed by atoms with van der Waals surface area (Å²) in [5.41, 5.74) is 1.04. The highest BCUT2D eigenvalue weighted by molar-refractivity contribution is 5.89. The molecule has 0 spiro atoms. The molecule has 0 radical (unpaired) electrons. The average Bonchev–Trinajstić information content (AvgIpc) is 3.08. The van der Waals surface area contributed by atoms with Crippen LogP contribution in [0.4, 0.5) is 0 Å². The smallest absolute Gasteiger partial charge is 0.242 e. The maximum atomic E-state index is 13.4. The molecule has 0 unspecified atom stereocenters. The normalized spacial score (nSPS) is 23.6. The minimum atomic E-state index is -0.204. The molecule has 1 aromatic heterocycles. The Kier molecular flexibility index (Phi) is 5.22. The van der Waals surface area contributed by atoms with Gasteiger partial charge in [0.1, 0.15) is 18.1 Å². The van der Waals surface area contributed by atoms with Crippen LogP contribution in [0.25, 0.3) is 0 Å². The summed E-state index contributed by atoms with van der Waals surface area (Å²) in [6.07, 6.45) is 0.803. The molecule has 2 atom stereocenters. The van der Waals surface area contributed by atoms with Gasteiger partial charge >= 0.3 is 0 Å². The summed E-state index contributed by atoms with van der Waals surface area (Å²) < 4.78 is 5.71. The summed E-state index contributed by atoms with van der Waals surface area (Å²) >= 11 is 0. The molecule has 2 amide bonds. The van der Waals surface area contributed by atoms with Gasteiger partial charge in [-0.05, 0) is 31.0 Å². The lowest BCUT2D eigenvalue weighted by atomic mass is 9.90. The lowest BCUT2D eigenvalue weighted by molar-refractivity contribution is -0.139. The molecule has 28 heavy (non-hydrogen) atoms. The Morgan fingerprint density at radius 3 is 2.57 bits per heavy atom. The number of rotatable bonds is 4. The van der Waals surface area contributed by atoms with E-state index in [9.17, 15) is 9.59 Å². The molecule has 2 saturated heterocycles. The monoisotopic (exact) mass is 381 g/mol. The maximum Gasteiger partial charge on any atom is 0.242 e. The minimum Gasteiger partial charge on any atom is -0.465 e. The Labute approximate surface area is 165 Å². The number of likely N-dealkylation sites (N-methyl/N-ethyl adjacent to an activating group) is 1. The number of aryl methyl sites for hydroxylation is 1. The number of furan rings is 1. The average molecular weight is 381 g/mol. The topological polar surface area (TPSA) is 57.0 Å². The van der Waals surface area contributed by atoms with Crippen molar-refractivity contribution in [1.82, 2.24) is 14.7 Å². The van der Waals surface area contributed by atoms with Crippen molar-refractivity contribution in [2.45, 2.75) is 32.5 Å². The summed E-state index contributed by atoms with van der Waals surface area (Å²) in [6.45, 7) is 4.75. The number of benzene rings is 1. The van der Waals surface area contributed by atoms with Gasteiger partial charge in [-0.1, -0.05) is 30.3 Å². The second-order valence-corrected chi connectivity index (χ2v) is 7.89. The molecule has 3 heterocycles. The molecule has 6 nitrogen and oxygen atoms in total. The number of carbonyl (C=O) groups is 2. The second kappa shape index (κ2) is 7.80. The molecule has 148 valence electrons. The summed E-state index contributed by atoms with van der Waals surface area (Å²) in [5.74, 6) is 1.71. The van der Waals surface area contributed by atoms with Gasteiger partial charge in [0.2, 0.25) is 11.8 Å². The number of hydrogen-bond donors (Lipinski definition) is 0. The van der Waals surface area contributed by atoms with E-state index in [1.807, 2.05) is 56.4 Å². The fourth-order valence-electron chi connectivity index (χ4n) is 4.36. The maximum absolute atomic E-state index is 13.4. The van der Waals surface area contributed by atoms with Crippen LogP contribution >= 0.6 is 0 Å². The summed E-state index contributed by atoms with van der Waals surface area (Å²) in [7, 11) is 1.84. The van der Waals surface area contributed by atoms with Gasteiger partial charge in [-0.3, -0.25) is 14.5 Å². The van der Waals surface area contributed by atoms with Gasteiger partial charge in [-0.15, -0.1) is 0 Å². The molecule has 0 aliphatic carbocycles. The predicted octanol–water partition coefficient (Wildman–Crippen LogP) is 2.28. The molecular formula is C22H27N3O3. The second-order valence-electron chi connectivity index (χ2n) is 7.89. The molecule has 0 N–H and O–H groups in total. The zero-order chi connectivity index (χ0) is 19.7. The first-order chi connectivity index (χ1) is 13.5. The Balaban J connectivity index is 1.52. The fraction of sp³-hybridized carbons (Fsp3) is 0.455. The molecule has 2 aliphatic heterocycles. The van der Waals surface area contributed by atoms with Crippen LogP contribution in [0.1, 0.15) is 23.5 Å². The Morgan fingerprint density at radius 2 is 1.86 bits per heavy atom. The number of piperidine rings is 1. The molecule has 2 fully saturated rings.